The normalized spacial score (nSPS) is 49.6. The van der Waals surface area contributed by atoms with E-state index >= 15 is 0 Å². The zero-order chi connectivity index (χ0) is 7.84. The lowest BCUT2D eigenvalue weighted by Gasteiger charge is -2.14. The quantitative estimate of drug-likeness (QED) is 0.557. The smallest absolute Gasteiger partial charge is 0.0869 e. The van der Waals surface area contributed by atoms with E-state index in [9.17, 15) is 0 Å². The van der Waals surface area contributed by atoms with Crippen molar-refractivity contribution in [3.05, 3.63) is 0 Å². The van der Waals surface area contributed by atoms with E-state index < -0.39 is 0 Å². The first-order valence-electron chi connectivity index (χ1n) is 4.98. The first-order chi connectivity index (χ1) is 5.33. The van der Waals surface area contributed by atoms with E-state index in [1.54, 1.807) is 0 Å². The average Bonchev–Trinajstić information content (AvgIpc) is 2.58. The lowest BCUT2D eigenvalue weighted by Crippen LogP contribution is -2.14. The van der Waals surface area contributed by atoms with Crippen molar-refractivity contribution in [2.24, 2.45) is 11.8 Å². The summed E-state index contributed by atoms with van der Waals surface area (Å²) in [4.78, 5) is 0. The predicted molar refractivity (Wildman–Crippen MR) is 45.5 cm³/mol. The molecule has 0 bridgehead atoms. The van der Waals surface area contributed by atoms with Crippen LogP contribution < -0.4 is 0 Å². The summed E-state index contributed by atoms with van der Waals surface area (Å²) in [6.07, 6.45) is 6.89. The highest BCUT2D eigenvalue weighted by molar-refractivity contribution is 4.93. The number of ether oxygens (including phenoxy) is 1. The van der Waals surface area contributed by atoms with Gasteiger partial charge in [-0.1, -0.05) is 26.2 Å². The zero-order valence-corrected chi connectivity index (χ0v) is 7.55. The minimum atomic E-state index is 0.576. The fourth-order valence-corrected chi connectivity index (χ4v) is 2.66. The predicted octanol–water partition coefficient (Wildman–Crippen LogP) is 2.60. The summed E-state index contributed by atoms with van der Waals surface area (Å²) in [6, 6.07) is 0. The SMILES string of the molecule is CCC1CCCC1C1OC1C. The van der Waals surface area contributed by atoms with E-state index in [1.807, 2.05) is 0 Å². The van der Waals surface area contributed by atoms with Crippen LogP contribution in [0.1, 0.15) is 39.5 Å². The lowest BCUT2D eigenvalue weighted by molar-refractivity contribution is 0.269. The van der Waals surface area contributed by atoms with E-state index in [2.05, 4.69) is 13.8 Å². The van der Waals surface area contributed by atoms with Crippen molar-refractivity contribution in [3.63, 3.8) is 0 Å². The van der Waals surface area contributed by atoms with E-state index in [1.165, 1.54) is 25.7 Å². The van der Waals surface area contributed by atoms with Gasteiger partial charge in [0.2, 0.25) is 0 Å². The molecule has 0 aromatic heterocycles. The van der Waals surface area contributed by atoms with Crippen LogP contribution in [0.15, 0.2) is 0 Å². The van der Waals surface area contributed by atoms with Crippen LogP contribution in [-0.2, 0) is 4.74 Å². The van der Waals surface area contributed by atoms with Gasteiger partial charge in [-0.05, 0) is 25.2 Å². The lowest BCUT2D eigenvalue weighted by atomic mass is 9.90. The van der Waals surface area contributed by atoms with E-state index in [-0.39, 0.29) is 0 Å². The molecular weight excluding hydrogens is 136 g/mol. The third kappa shape index (κ3) is 1.31. The molecule has 4 unspecified atom stereocenters. The Morgan fingerprint density at radius 2 is 2.09 bits per heavy atom. The van der Waals surface area contributed by atoms with Crippen LogP contribution in [0.2, 0.25) is 0 Å². The molecule has 1 heteroatoms. The van der Waals surface area contributed by atoms with Gasteiger partial charge in [0.05, 0.1) is 12.2 Å². The topological polar surface area (TPSA) is 12.5 Å². The van der Waals surface area contributed by atoms with Crippen LogP contribution in [0.3, 0.4) is 0 Å². The molecule has 2 rings (SSSR count). The van der Waals surface area contributed by atoms with Gasteiger partial charge in [0.25, 0.3) is 0 Å². The Hall–Kier alpha value is -0.0400. The van der Waals surface area contributed by atoms with Gasteiger partial charge in [-0.2, -0.15) is 0 Å². The highest BCUT2D eigenvalue weighted by Gasteiger charge is 2.45. The molecule has 1 heterocycles. The minimum absolute atomic E-state index is 0.576. The van der Waals surface area contributed by atoms with Gasteiger partial charge < -0.3 is 4.74 Å². The van der Waals surface area contributed by atoms with Gasteiger partial charge in [0.15, 0.2) is 0 Å². The first-order valence-corrected chi connectivity index (χ1v) is 4.98. The molecular formula is C10H18O. The minimum Gasteiger partial charge on any atom is -0.370 e. The average molecular weight is 154 g/mol. The molecule has 0 N–H and O–H groups in total. The maximum Gasteiger partial charge on any atom is 0.0869 e. The van der Waals surface area contributed by atoms with Crippen LogP contribution >= 0.6 is 0 Å². The summed E-state index contributed by atoms with van der Waals surface area (Å²) in [5, 5.41) is 0. The second kappa shape index (κ2) is 2.78. The second-order valence-electron chi connectivity index (χ2n) is 4.07. The van der Waals surface area contributed by atoms with Crippen molar-refractivity contribution in [1.29, 1.82) is 0 Å². The molecule has 0 aromatic carbocycles. The van der Waals surface area contributed by atoms with Crippen molar-refractivity contribution >= 4 is 0 Å². The summed E-state index contributed by atoms with van der Waals surface area (Å²) in [7, 11) is 0. The van der Waals surface area contributed by atoms with Gasteiger partial charge >= 0.3 is 0 Å². The first kappa shape index (κ1) is 7.60. The van der Waals surface area contributed by atoms with Gasteiger partial charge in [-0.3, -0.25) is 0 Å². The Balaban J connectivity index is 1.91. The Bertz CT molecular complexity index is 144. The molecule has 0 amide bonds. The Labute approximate surface area is 69.1 Å². The van der Waals surface area contributed by atoms with E-state index in [0.29, 0.717) is 12.2 Å². The van der Waals surface area contributed by atoms with Crippen molar-refractivity contribution in [2.75, 3.05) is 0 Å². The molecule has 1 aliphatic carbocycles. The Morgan fingerprint density at radius 1 is 1.36 bits per heavy atom. The van der Waals surface area contributed by atoms with Crippen LogP contribution in [0.4, 0.5) is 0 Å². The van der Waals surface area contributed by atoms with Gasteiger partial charge in [0, 0.05) is 0 Å². The third-order valence-corrected chi connectivity index (χ3v) is 3.42. The fraction of sp³-hybridized carbons (Fsp3) is 1.00. The van der Waals surface area contributed by atoms with Gasteiger partial charge in [0.1, 0.15) is 0 Å². The highest BCUT2D eigenvalue weighted by Crippen LogP contribution is 2.44. The second-order valence-corrected chi connectivity index (χ2v) is 4.07. The Kier molecular flexibility index (Phi) is 1.92. The number of hydrogen-bond acceptors (Lipinski definition) is 1. The molecule has 2 fully saturated rings. The molecule has 64 valence electrons. The summed E-state index contributed by atoms with van der Waals surface area (Å²) < 4.78 is 5.53. The molecule has 1 saturated heterocycles. The highest BCUT2D eigenvalue weighted by atomic mass is 16.6. The molecule has 4 atom stereocenters. The van der Waals surface area contributed by atoms with E-state index in [4.69, 9.17) is 4.74 Å². The van der Waals surface area contributed by atoms with Crippen LogP contribution in [0.5, 0.6) is 0 Å². The summed E-state index contributed by atoms with van der Waals surface area (Å²) in [5.74, 6) is 1.89. The van der Waals surface area contributed by atoms with Crippen molar-refractivity contribution in [1.82, 2.24) is 0 Å². The molecule has 0 spiro atoms. The Morgan fingerprint density at radius 3 is 2.64 bits per heavy atom. The summed E-state index contributed by atoms with van der Waals surface area (Å²) >= 11 is 0. The maximum atomic E-state index is 5.53. The monoisotopic (exact) mass is 154 g/mol. The van der Waals surface area contributed by atoms with Crippen LogP contribution in [0, 0.1) is 11.8 Å². The molecule has 2 aliphatic rings. The maximum absolute atomic E-state index is 5.53. The fourth-order valence-electron chi connectivity index (χ4n) is 2.66. The summed E-state index contributed by atoms with van der Waals surface area (Å²) in [6.45, 7) is 4.52. The van der Waals surface area contributed by atoms with Crippen LogP contribution in [-0.4, -0.2) is 12.2 Å². The molecule has 1 nitrogen and oxygen atoms in total. The number of rotatable bonds is 2. The molecule has 0 radical (unpaired) electrons. The number of epoxide rings is 1. The number of hydrogen-bond donors (Lipinski definition) is 0. The molecule has 1 aliphatic heterocycles. The summed E-state index contributed by atoms with van der Waals surface area (Å²) in [5.41, 5.74) is 0. The standard InChI is InChI=1S/C10H18O/c1-3-8-5-4-6-9(8)10-7(2)11-10/h7-10H,3-6H2,1-2H3. The molecule has 0 aromatic rings. The molecule has 1 saturated carbocycles. The van der Waals surface area contributed by atoms with Gasteiger partial charge in [-0.15, -0.1) is 0 Å². The van der Waals surface area contributed by atoms with Crippen molar-refractivity contribution in [2.45, 2.75) is 51.7 Å². The van der Waals surface area contributed by atoms with Gasteiger partial charge in [-0.25, -0.2) is 0 Å². The third-order valence-electron chi connectivity index (χ3n) is 3.42. The molecule has 11 heavy (non-hydrogen) atoms. The van der Waals surface area contributed by atoms with Crippen molar-refractivity contribution in [3.8, 4) is 0 Å². The van der Waals surface area contributed by atoms with Crippen molar-refractivity contribution < 1.29 is 4.74 Å². The zero-order valence-electron chi connectivity index (χ0n) is 7.55. The van der Waals surface area contributed by atoms with Crippen LogP contribution in [0.25, 0.3) is 0 Å². The van der Waals surface area contributed by atoms with E-state index in [0.717, 1.165) is 11.8 Å². The largest absolute Gasteiger partial charge is 0.370 e.